The van der Waals surface area contributed by atoms with Gasteiger partial charge in [0.2, 0.25) is 0 Å². The fraction of sp³-hybridized carbons (Fsp3) is 0.143. The molecule has 0 radical (unpaired) electrons. The minimum Gasteiger partial charge on any atom is -0.383 e. The third-order valence-electron chi connectivity index (χ3n) is 3.27. The van der Waals surface area contributed by atoms with Crippen molar-refractivity contribution < 1.29 is 4.79 Å². The number of nitrogen functional groups attached to an aromatic ring is 1. The molecular weight excluding hydrogens is 254 g/mol. The van der Waals surface area contributed by atoms with Crippen LogP contribution in [0, 0.1) is 0 Å². The Balaban J connectivity index is 1.63. The van der Waals surface area contributed by atoms with Gasteiger partial charge in [-0.25, -0.2) is 0 Å². The Bertz CT molecular complexity index is 743. The zero-order chi connectivity index (χ0) is 13.9. The number of carbonyl (C=O) groups is 1. The second-order valence-electron chi connectivity index (χ2n) is 4.56. The Morgan fingerprint density at radius 1 is 1.35 bits per heavy atom. The summed E-state index contributed by atoms with van der Waals surface area (Å²) in [6.45, 7) is 0.547. The molecule has 0 aliphatic rings. The molecule has 6 heteroatoms. The second-order valence-corrected chi connectivity index (χ2v) is 4.56. The molecule has 2 aromatic heterocycles. The smallest absolute Gasteiger partial charge is 0.256 e. The second kappa shape index (κ2) is 5.08. The number of anilines is 1. The third-order valence-corrected chi connectivity index (χ3v) is 3.27. The van der Waals surface area contributed by atoms with E-state index in [0.717, 1.165) is 11.9 Å². The van der Waals surface area contributed by atoms with Crippen LogP contribution in [0.3, 0.4) is 0 Å². The zero-order valence-electron chi connectivity index (χ0n) is 10.8. The molecule has 0 saturated heterocycles. The molecule has 6 nitrogen and oxygen atoms in total. The van der Waals surface area contributed by atoms with Gasteiger partial charge >= 0.3 is 0 Å². The van der Waals surface area contributed by atoms with E-state index in [1.54, 1.807) is 0 Å². The number of rotatable bonds is 4. The number of benzene rings is 1. The van der Waals surface area contributed by atoms with E-state index >= 15 is 0 Å². The lowest BCUT2D eigenvalue weighted by molar-refractivity contribution is 0.0955. The molecule has 0 unspecified atom stereocenters. The standard InChI is InChI=1S/C14H15N5O/c15-13-11(8-18-19-13)14(20)16-6-5-9-7-17-12-4-2-1-3-10(9)12/h1-4,7-8,17H,5-6H2,(H,16,20)(H3,15,18,19). The molecule has 5 N–H and O–H groups in total. The fourth-order valence-corrected chi connectivity index (χ4v) is 2.22. The highest BCUT2D eigenvalue weighted by atomic mass is 16.1. The first kappa shape index (κ1) is 12.3. The first-order chi connectivity index (χ1) is 9.75. The van der Waals surface area contributed by atoms with Crippen LogP contribution >= 0.6 is 0 Å². The molecule has 1 amide bonds. The number of aromatic amines is 2. The maximum atomic E-state index is 11.9. The summed E-state index contributed by atoms with van der Waals surface area (Å²) in [5.41, 5.74) is 8.26. The summed E-state index contributed by atoms with van der Waals surface area (Å²) >= 11 is 0. The Kier molecular flexibility index (Phi) is 3.12. The van der Waals surface area contributed by atoms with Crippen molar-refractivity contribution in [1.29, 1.82) is 0 Å². The highest BCUT2D eigenvalue weighted by Crippen LogP contribution is 2.17. The number of nitrogens with one attached hydrogen (secondary N) is 3. The lowest BCUT2D eigenvalue weighted by atomic mass is 10.1. The number of aromatic nitrogens is 3. The number of nitrogens with two attached hydrogens (primary N) is 1. The van der Waals surface area contributed by atoms with E-state index in [9.17, 15) is 4.79 Å². The monoisotopic (exact) mass is 269 g/mol. The average Bonchev–Trinajstić information content (AvgIpc) is 3.05. The molecule has 0 fully saturated rings. The highest BCUT2D eigenvalue weighted by Gasteiger charge is 2.11. The summed E-state index contributed by atoms with van der Waals surface area (Å²) in [5.74, 6) is 0.0747. The van der Waals surface area contributed by atoms with Gasteiger partial charge in [0.05, 0.1) is 6.20 Å². The molecule has 3 aromatic rings. The van der Waals surface area contributed by atoms with Crippen molar-refractivity contribution in [2.75, 3.05) is 12.3 Å². The first-order valence-electron chi connectivity index (χ1n) is 6.38. The molecule has 1 aromatic carbocycles. The molecule has 0 saturated carbocycles. The van der Waals surface area contributed by atoms with Gasteiger partial charge in [0.25, 0.3) is 5.91 Å². The number of para-hydroxylation sites is 1. The van der Waals surface area contributed by atoms with Crippen molar-refractivity contribution in [1.82, 2.24) is 20.5 Å². The van der Waals surface area contributed by atoms with Crippen LogP contribution in [0.5, 0.6) is 0 Å². The van der Waals surface area contributed by atoms with Gasteiger partial charge in [-0.3, -0.25) is 9.89 Å². The summed E-state index contributed by atoms with van der Waals surface area (Å²) in [6.07, 6.45) is 4.16. The molecule has 20 heavy (non-hydrogen) atoms. The van der Waals surface area contributed by atoms with Crippen LogP contribution in [-0.2, 0) is 6.42 Å². The van der Waals surface area contributed by atoms with Gasteiger partial charge in [0.1, 0.15) is 11.4 Å². The number of carbonyl (C=O) groups excluding carboxylic acids is 1. The quantitative estimate of drug-likeness (QED) is 0.576. The van der Waals surface area contributed by atoms with Crippen LogP contribution in [0.2, 0.25) is 0 Å². The Morgan fingerprint density at radius 3 is 3.00 bits per heavy atom. The molecule has 0 atom stereocenters. The summed E-state index contributed by atoms with van der Waals surface area (Å²) in [4.78, 5) is 15.1. The van der Waals surface area contributed by atoms with Crippen molar-refractivity contribution in [3.8, 4) is 0 Å². The molecular formula is C14H15N5O. The summed E-state index contributed by atoms with van der Waals surface area (Å²) < 4.78 is 0. The van der Waals surface area contributed by atoms with E-state index in [1.165, 1.54) is 17.1 Å². The predicted octanol–water partition coefficient (Wildman–Crippen LogP) is 1.45. The van der Waals surface area contributed by atoms with Crippen molar-refractivity contribution >= 4 is 22.6 Å². The van der Waals surface area contributed by atoms with Crippen molar-refractivity contribution in [3.05, 3.63) is 47.8 Å². The van der Waals surface area contributed by atoms with Crippen LogP contribution in [0.25, 0.3) is 10.9 Å². The largest absolute Gasteiger partial charge is 0.383 e. The van der Waals surface area contributed by atoms with Crippen molar-refractivity contribution in [2.24, 2.45) is 0 Å². The molecule has 3 rings (SSSR count). The molecule has 2 heterocycles. The van der Waals surface area contributed by atoms with Crippen molar-refractivity contribution in [2.45, 2.75) is 6.42 Å². The number of fused-ring (bicyclic) bond motifs is 1. The lowest BCUT2D eigenvalue weighted by Gasteiger charge is -2.03. The number of hydrogen-bond acceptors (Lipinski definition) is 3. The zero-order valence-corrected chi connectivity index (χ0v) is 10.8. The summed E-state index contributed by atoms with van der Waals surface area (Å²) in [6, 6.07) is 8.09. The summed E-state index contributed by atoms with van der Waals surface area (Å²) in [5, 5.41) is 10.3. The maximum absolute atomic E-state index is 11.9. The van der Waals surface area contributed by atoms with Crippen LogP contribution in [0.4, 0.5) is 5.82 Å². The minimum atomic E-state index is -0.212. The van der Waals surface area contributed by atoms with Gasteiger partial charge in [-0.2, -0.15) is 5.10 Å². The first-order valence-corrected chi connectivity index (χ1v) is 6.38. The molecule has 0 aliphatic carbocycles. The van der Waals surface area contributed by atoms with Crippen LogP contribution in [0.1, 0.15) is 15.9 Å². The number of H-pyrrole nitrogens is 2. The molecule has 0 aliphatic heterocycles. The SMILES string of the molecule is Nc1[nH]ncc1C(=O)NCCc1c[nH]c2ccccc12. The number of hydrogen-bond donors (Lipinski definition) is 4. The molecule has 0 bridgehead atoms. The van der Waals surface area contributed by atoms with E-state index in [2.05, 4.69) is 26.6 Å². The molecule has 0 spiro atoms. The van der Waals surface area contributed by atoms with E-state index in [-0.39, 0.29) is 11.7 Å². The van der Waals surface area contributed by atoms with Crippen LogP contribution in [-0.4, -0.2) is 27.6 Å². The Morgan fingerprint density at radius 2 is 2.20 bits per heavy atom. The normalized spacial score (nSPS) is 10.8. The lowest BCUT2D eigenvalue weighted by Crippen LogP contribution is -2.26. The van der Waals surface area contributed by atoms with E-state index in [1.807, 2.05) is 24.4 Å². The maximum Gasteiger partial charge on any atom is 0.256 e. The van der Waals surface area contributed by atoms with Gasteiger partial charge in [0.15, 0.2) is 0 Å². The third kappa shape index (κ3) is 2.23. The minimum absolute atomic E-state index is 0.212. The van der Waals surface area contributed by atoms with E-state index < -0.39 is 0 Å². The summed E-state index contributed by atoms with van der Waals surface area (Å²) in [7, 11) is 0. The van der Waals surface area contributed by atoms with Gasteiger partial charge in [0, 0.05) is 23.6 Å². The van der Waals surface area contributed by atoms with E-state index in [0.29, 0.717) is 12.1 Å². The number of nitrogens with zero attached hydrogens (tertiary/aromatic N) is 1. The van der Waals surface area contributed by atoms with Crippen LogP contribution in [0.15, 0.2) is 36.7 Å². The topological polar surface area (TPSA) is 99.6 Å². The van der Waals surface area contributed by atoms with Gasteiger partial charge in [-0.1, -0.05) is 18.2 Å². The van der Waals surface area contributed by atoms with Crippen molar-refractivity contribution in [3.63, 3.8) is 0 Å². The Hall–Kier alpha value is -2.76. The fourth-order valence-electron chi connectivity index (χ4n) is 2.22. The number of amides is 1. The molecule has 102 valence electrons. The van der Waals surface area contributed by atoms with Gasteiger partial charge < -0.3 is 16.0 Å². The van der Waals surface area contributed by atoms with Crippen LogP contribution < -0.4 is 11.1 Å². The van der Waals surface area contributed by atoms with Gasteiger partial charge in [-0.05, 0) is 18.1 Å². The van der Waals surface area contributed by atoms with Gasteiger partial charge in [-0.15, -0.1) is 0 Å². The predicted molar refractivity (Wildman–Crippen MR) is 77.3 cm³/mol. The average molecular weight is 269 g/mol. The van der Waals surface area contributed by atoms with E-state index in [4.69, 9.17) is 5.73 Å². The Labute approximate surface area is 115 Å². The highest BCUT2D eigenvalue weighted by molar-refractivity contribution is 5.98.